The third-order valence-corrected chi connectivity index (χ3v) is 4.49. The van der Waals surface area contributed by atoms with Crippen LogP contribution >= 0.6 is 0 Å². The van der Waals surface area contributed by atoms with Crippen LogP contribution in [0, 0.1) is 5.82 Å². The molecule has 0 aliphatic carbocycles. The van der Waals surface area contributed by atoms with Gasteiger partial charge in [0.15, 0.2) is 5.69 Å². The minimum atomic E-state index is -0.859. The third kappa shape index (κ3) is 3.87. The summed E-state index contributed by atoms with van der Waals surface area (Å²) in [4.78, 5) is 25.3. The van der Waals surface area contributed by atoms with Crippen LogP contribution < -0.4 is 0 Å². The molecular formula is C18H20FN3O3. The van der Waals surface area contributed by atoms with Gasteiger partial charge in [0.2, 0.25) is 0 Å². The van der Waals surface area contributed by atoms with Gasteiger partial charge in [-0.1, -0.05) is 12.1 Å². The summed E-state index contributed by atoms with van der Waals surface area (Å²) in [6.45, 7) is 0.593. The van der Waals surface area contributed by atoms with Crippen molar-refractivity contribution in [1.29, 1.82) is 0 Å². The smallest absolute Gasteiger partial charge is 0.303 e. The van der Waals surface area contributed by atoms with Crippen molar-refractivity contribution in [3.63, 3.8) is 0 Å². The number of carboxylic acid groups (broad SMARTS) is 1. The van der Waals surface area contributed by atoms with Crippen LogP contribution in [0.15, 0.2) is 36.5 Å². The Balaban J connectivity index is 1.78. The average Bonchev–Trinajstić information content (AvgIpc) is 3.10. The Kier molecular flexibility index (Phi) is 5.11. The number of benzene rings is 1. The van der Waals surface area contributed by atoms with Crippen LogP contribution in [-0.2, 0) is 4.79 Å². The fourth-order valence-corrected chi connectivity index (χ4v) is 3.21. The standard InChI is InChI=1S/C18H20FN3O3/c19-14-6-1-2-7-16(14)22-12-10-15(20-22)18(25)21-11-4-3-5-13(21)8-9-17(23)24/h1-2,6-7,10,12-13H,3-5,8-9,11H2,(H,23,24)/t13-/m1/s1. The fourth-order valence-electron chi connectivity index (χ4n) is 3.21. The first-order valence-electron chi connectivity index (χ1n) is 8.39. The van der Waals surface area contributed by atoms with Gasteiger partial charge in [-0.3, -0.25) is 9.59 Å². The number of piperidine rings is 1. The summed E-state index contributed by atoms with van der Waals surface area (Å²) >= 11 is 0. The van der Waals surface area contributed by atoms with Crippen molar-refractivity contribution < 1.29 is 19.1 Å². The van der Waals surface area contributed by atoms with Crippen molar-refractivity contribution in [3.8, 4) is 5.69 Å². The monoisotopic (exact) mass is 345 g/mol. The first kappa shape index (κ1) is 17.1. The fraction of sp³-hybridized carbons (Fsp3) is 0.389. The highest BCUT2D eigenvalue weighted by molar-refractivity contribution is 5.92. The van der Waals surface area contributed by atoms with Crippen molar-refractivity contribution in [3.05, 3.63) is 48.0 Å². The van der Waals surface area contributed by atoms with Crippen LogP contribution in [0.2, 0.25) is 0 Å². The van der Waals surface area contributed by atoms with Gasteiger partial charge in [0.25, 0.3) is 5.91 Å². The minimum Gasteiger partial charge on any atom is -0.481 e. The molecule has 1 aromatic heterocycles. The summed E-state index contributed by atoms with van der Waals surface area (Å²) in [5.74, 6) is -1.51. The normalized spacial score (nSPS) is 17.5. The predicted molar refractivity (Wildman–Crippen MR) is 89.1 cm³/mol. The lowest BCUT2D eigenvalue weighted by molar-refractivity contribution is -0.137. The molecule has 2 aromatic rings. The molecule has 1 aliphatic heterocycles. The number of carbonyl (C=O) groups excluding carboxylic acids is 1. The predicted octanol–water partition coefficient (Wildman–Crippen LogP) is 2.87. The zero-order chi connectivity index (χ0) is 17.8. The summed E-state index contributed by atoms with van der Waals surface area (Å²) < 4.78 is 15.2. The number of nitrogens with zero attached hydrogens (tertiary/aromatic N) is 3. The van der Waals surface area contributed by atoms with E-state index in [1.54, 1.807) is 35.4 Å². The minimum absolute atomic E-state index is 0.0398. The Morgan fingerprint density at radius 1 is 1.24 bits per heavy atom. The van der Waals surface area contributed by atoms with Crippen molar-refractivity contribution in [1.82, 2.24) is 14.7 Å². The second-order valence-electron chi connectivity index (χ2n) is 6.18. The quantitative estimate of drug-likeness (QED) is 0.904. The summed E-state index contributed by atoms with van der Waals surface area (Å²) in [7, 11) is 0. The van der Waals surface area contributed by atoms with Gasteiger partial charge in [0.05, 0.1) is 0 Å². The Labute approximate surface area is 144 Å². The number of rotatable bonds is 5. The molecule has 1 aromatic carbocycles. The lowest BCUT2D eigenvalue weighted by atomic mass is 9.97. The highest BCUT2D eigenvalue weighted by atomic mass is 19.1. The van der Waals surface area contributed by atoms with Crippen LogP contribution in [0.1, 0.15) is 42.6 Å². The molecule has 7 heteroatoms. The van der Waals surface area contributed by atoms with Gasteiger partial charge in [-0.2, -0.15) is 5.10 Å². The summed E-state index contributed by atoms with van der Waals surface area (Å²) in [5, 5.41) is 13.1. The largest absolute Gasteiger partial charge is 0.481 e. The van der Waals surface area contributed by atoms with E-state index in [1.165, 1.54) is 10.7 Å². The zero-order valence-corrected chi connectivity index (χ0v) is 13.8. The molecule has 0 unspecified atom stereocenters. The number of aliphatic carboxylic acids is 1. The van der Waals surface area contributed by atoms with Gasteiger partial charge in [-0.25, -0.2) is 9.07 Å². The SMILES string of the molecule is O=C(O)CC[C@H]1CCCCN1C(=O)c1ccn(-c2ccccc2F)n1. The molecule has 1 atom stereocenters. The van der Waals surface area contributed by atoms with E-state index >= 15 is 0 Å². The summed E-state index contributed by atoms with van der Waals surface area (Å²) in [6.07, 6.45) is 4.71. The maximum atomic E-state index is 13.9. The molecule has 1 amide bonds. The molecule has 25 heavy (non-hydrogen) atoms. The number of hydrogen-bond donors (Lipinski definition) is 1. The molecule has 6 nitrogen and oxygen atoms in total. The number of aromatic nitrogens is 2. The Bertz CT molecular complexity index is 774. The second kappa shape index (κ2) is 7.46. The second-order valence-corrected chi connectivity index (χ2v) is 6.18. The van der Waals surface area contributed by atoms with Crippen LogP contribution in [0.3, 0.4) is 0 Å². The van der Waals surface area contributed by atoms with Gasteiger partial charge < -0.3 is 10.0 Å². The van der Waals surface area contributed by atoms with Crippen LogP contribution in [0.4, 0.5) is 4.39 Å². The highest BCUT2D eigenvalue weighted by Gasteiger charge is 2.29. The highest BCUT2D eigenvalue weighted by Crippen LogP contribution is 2.23. The molecule has 132 valence electrons. The number of carbonyl (C=O) groups is 2. The van der Waals surface area contributed by atoms with E-state index in [2.05, 4.69) is 5.10 Å². The topological polar surface area (TPSA) is 75.4 Å². The van der Waals surface area contributed by atoms with Crippen molar-refractivity contribution in [2.45, 2.75) is 38.1 Å². The number of halogens is 1. The summed E-state index contributed by atoms with van der Waals surface area (Å²) in [6, 6.07) is 7.70. The Morgan fingerprint density at radius 2 is 2.04 bits per heavy atom. The lowest BCUT2D eigenvalue weighted by Crippen LogP contribution is -2.44. The van der Waals surface area contributed by atoms with Gasteiger partial charge in [0, 0.05) is 25.2 Å². The zero-order valence-electron chi connectivity index (χ0n) is 13.8. The van der Waals surface area contributed by atoms with Crippen molar-refractivity contribution in [2.75, 3.05) is 6.54 Å². The van der Waals surface area contributed by atoms with Crippen molar-refractivity contribution >= 4 is 11.9 Å². The first-order valence-corrected chi connectivity index (χ1v) is 8.39. The number of para-hydroxylation sites is 1. The molecule has 3 rings (SSSR count). The Hall–Kier alpha value is -2.70. The van der Waals surface area contributed by atoms with E-state index in [0.717, 1.165) is 19.3 Å². The molecule has 0 spiro atoms. The van der Waals surface area contributed by atoms with Crippen LogP contribution in [0.5, 0.6) is 0 Å². The van der Waals surface area contributed by atoms with Crippen LogP contribution in [-0.4, -0.2) is 44.3 Å². The molecule has 2 heterocycles. The molecule has 0 bridgehead atoms. The molecule has 1 saturated heterocycles. The first-order chi connectivity index (χ1) is 12.1. The van der Waals surface area contributed by atoms with E-state index in [1.807, 2.05) is 0 Å². The maximum Gasteiger partial charge on any atom is 0.303 e. The molecule has 1 fully saturated rings. The summed E-state index contributed by atoms with van der Waals surface area (Å²) in [5.41, 5.74) is 0.521. The van der Waals surface area contributed by atoms with Crippen LogP contribution in [0.25, 0.3) is 5.69 Å². The maximum absolute atomic E-state index is 13.9. The molecular weight excluding hydrogens is 325 g/mol. The van der Waals surface area contributed by atoms with E-state index < -0.39 is 11.8 Å². The number of likely N-dealkylation sites (tertiary alicyclic amines) is 1. The lowest BCUT2D eigenvalue weighted by Gasteiger charge is -2.35. The van der Waals surface area contributed by atoms with Gasteiger partial charge >= 0.3 is 5.97 Å². The average molecular weight is 345 g/mol. The van der Waals surface area contributed by atoms with Gasteiger partial charge in [0.1, 0.15) is 11.5 Å². The van der Waals surface area contributed by atoms with E-state index in [-0.39, 0.29) is 29.8 Å². The molecule has 1 aliphatic rings. The van der Waals surface area contributed by atoms with E-state index in [4.69, 9.17) is 5.11 Å². The van der Waals surface area contributed by atoms with Gasteiger partial charge in [-0.05, 0) is 43.9 Å². The van der Waals surface area contributed by atoms with E-state index in [9.17, 15) is 14.0 Å². The van der Waals surface area contributed by atoms with E-state index in [0.29, 0.717) is 13.0 Å². The number of carboxylic acids is 1. The number of amides is 1. The molecule has 0 radical (unpaired) electrons. The van der Waals surface area contributed by atoms with Gasteiger partial charge in [-0.15, -0.1) is 0 Å². The molecule has 0 saturated carbocycles. The Morgan fingerprint density at radius 3 is 2.80 bits per heavy atom. The van der Waals surface area contributed by atoms with Crippen molar-refractivity contribution in [2.24, 2.45) is 0 Å². The number of hydrogen-bond acceptors (Lipinski definition) is 3. The third-order valence-electron chi connectivity index (χ3n) is 4.49. The molecule has 1 N–H and O–H groups in total.